The highest BCUT2D eigenvalue weighted by atomic mass is 16.3. The highest BCUT2D eigenvalue weighted by Crippen LogP contribution is 2.33. The summed E-state index contributed by atoms with van der Waals surface area (Å²) in [5, 5.41) is 16.9. The number of aromatic hydroxyl groups is 1. The number of benzene rings is 1. The number of amides is 2. The van der Waals surface area contributed by atoms with Crippen LogP contribution in [0, 0.1) is 0 Å². The number of para-hydroxylation sites is 1. The minimum Gasteiger partial charge on any atom is -0.505 e. The zero-order valence-electron chi connectivity index (χ0n) is 21.1. The van der Waals surface area contributed by atoms with Gasteiger partial charge in [0.25, 0.3) is 16.8 Å². The molecule has 2 unspecified atom stereocenters. The van der Waals surface area contributed by atoms with Crippen molar-refractivity contribution in [1.82, 2.24) is 9.80 Å². The van der Waals surface area contributed by atoms with E-state index in [1.807, 2.05) is 37.0 Å². The van der Waals surface area contributed by atoms with E-state index in [9.17, 15) is 24.3 Å². The molecule has 0 saturated carbocycles. The first-order valence-electron chi connectivity index (χ1n) is 12.5. The van der Waals surface area contributed by atoms with Crippen LogP contribution in [0.5, 0.6) is 5.75 Å². The van der Waals surface area contributed by atoms with Gasteiger partial charge in [-0.25, -0.2) is 0 Å². The molecule has 2 atom stereocenters. The van der Waals surface area contributed by atoms with Crippen LogP contribution in [0.1, 0.15) is 43.5 Å². The van der Waals surface area contributed by atoms with Gasteiger partial charge >= 0.3 is 0 Å². The Morgan fingerprint density at radius 2 is 2.00 bits per heavy atom. The number of nitrogens with zero attached hydrogens (tertiary/aromatic N) is 2. The minimum atomic E-state index is -0.714. The quantitative estimate of drug-likeness (QED) is 0.273. The van der Waals surface area contributed by atoms with E-state index in [1.165, 1.54) is 17.0 Å². The van der Waals surface area contributed by atoms with Crippen LogP contribution in [0.4, 0.5) is 17.1 Å². The zero-order chi connectivity index (χ0) is 26.7. The molecule has 2 aliphatic rings. The van der Waals surface area contributed by atoms with Gasteiger partial charge in [0.05, 0.1) is 17.3 Å². The Morgan fingerprint density at radius 3 is 2.70 bits per heavy atom. The van der Waals surface area contributed by atoms with Gasteiger partial charge in [-0.15, -0.1) is 0 Å². The molecule has 2 aliphatic heterocycles. The number of piperazine rings is 1. The molecule has 37 heavy (non-hydrogen) atoms. The Morgan fingerprint density at radius 1 is 1.24 bits per heavy atom. The van der Waals surface area contributed by atoms with Crippen LogP contribution in [-0.4, -0.2) is 58.4 Å². The molecule has 2 aromatic rings. The van der Waals surface area contributed by atoms with Crippen molar-refractivity contribution in [2.24, 2.45) is 0 Å². The van der Waals surface area contributed by atoms with Gasteiger partial charge in [-0.05, 0) is 43.9 Å². The number of allylic oxidation sites excluding steroid dienone is 3. The summed E-state index contributed by atoms with van der Waals surface area (Å²) >= 11 is 0. The number of carbonyl (C=O) groups is 2. The Hall–Kier alpha value is -4.14. The third kappa shape index (κ3) is 4.94. The van der Waals surface area contributed by atoms with Crippen molar-refractivity contribution in [2.75, 3.05) is 30.3 Å². The molecular weight excluding hydrogens is 472 g/mol. The van der Waals surface area contributed by atoms with E-state index in [1.54, 1.807) is 12.1 Å². The van der Waals surface area contributed by atoms with E-state index in [0.717, 1.165) is 18.4 Å². The Balaban J connectivity index is 1.56. The van der Waals surface area contributed by atoms with E-state index in [4.69, 9.17) is 0 Å². The molecule has 0 bridgehead atoms. The number of anilines is 3. The van der Waals surface area contributed by atoms with Crippen LogP contribution in [0.25, 0.3) is 0 Å². The van der Waals surface area contributed by atoms with Crippen molar-refractivity contribution < 1.29 is 14.7 Å². The first kappa shape index (κ1) is 25.9. The predicted octanol–water partition coefficient (Wildman–Crippen LogP) is 3.06. The second-order valence-electron chi connectivity index (χ2n) is 9.31. The Bertz CT molecular complexity index is 1350. The van der Waals surface area contributed by atoms with E-state index in [0.29, 0.717) is 19.5 Å². The van der Waals surface area contributed by atoms with Crippen molar-refractivity contribution >= 4 is 28.9 Å². The number of rotatable bonds is 9. The predicted molar refractivity (Wildman–Crippen MR) is 144 cm³/mol. The topological polar surface area (TPSA) is 119 Å². The summed E-state index contributed by atoms with van der Waals surface area (Å²) in [7, 11) is 0. The number of hydrogen-bond donors (Lipinski definition) is 3. The van der Waals surface area contributed by atoms with Gasteiger partial charge in [-0.2, -0.15) is 0 Å². The van der Waals surface area contributed by atoms with E-state index in [-0.39, 0.29) is 52.9 Å². The van der Waals surface area contributed by atoms with Crippen LogP contribution >= 0.6 is 0 Å². The highest BCUT2D eigenvalue weighted by Gasteiger charge is 2.38. The molecular formula is C28H32N4O5. The van der Waals surface area contributed by atoms with Crippen LogP contribution in [-0.2, 0) is 4.79 Å². The molecule has 4 rings (SSSR count). The maximum Gasteiger partial charge on any atom is 0.258 e. The third-order valence-corrected chi connectivity index (χ3v) is 7.02. The number of nitrogens with one attached hydrogen (secondary N) is 2. The summed E-state index contributed by atoms with van der Waals surface area (Å²) in [6.07, 6.45) is 9.71. The third-order valence-electron chi connectivity index (χ3n) is 7.02. The van der Waals surface area contributed by atoms with Crippen molar-refractivity contribution in [3.8, 4) is 5.75 Å². The molecule has 2 saturated heterocycles. The highest BCUT2D eigenvalue weighted by molar-refractivity contribution is 6.01. The molecule has 2 fully saturated rings. The van der Waals surface area contributed by atoms with Gasteiger partial charge in [0.1, 0.15) is 17.9 Å². The second kappa shape index (κ2) is 10.9. The molecule has 0 aromatic heterocycles. The largest absolute Gasteiger partial charge is 0.505 e. The van der Waals surface area contributed by atoms with Crippen molar-refractivity contribution in [2.45, 2.75) is 45.2 Å². The Labute approximate surface area is 215 Å². The molecule has 9 heteroatoms. The smallest absolute Gasteiger partial charge is 0.258 e. The van der Waals surface area contributed by atoms with Gasteiger partial charge < -0.3 is 25.5 Å². The Kier molecular flexibility index (Phi) is 7.61. The normalized spacial score (nSPS) is 18.8. The number of phenols is 1. The fourth-order valence-electron chi connectivity index (χ4n) is 4.98. The van der Waals surface area contributed by atoms with Crippen molar-refractivity contribution in [1.29, 1.82) is 0 Å². The summed E-state index contributed by atoms with van der Waals surface area (Å²) in [5.74, 6) is -0.900. The number of fused-ring (bicyclic) bond motifs is 1. The maximum atomic E-state index is 13.2. The number of hydrogen-bond acceptors (Lipinski definition) is 7. The average Bonchev–Trinajstić information content (AvgIpc) is 3.39. The lowest BCUT2D eigenvalue weighted by atomic mass is 10.0. The molecule has 0 aliphatic carbocycles. The molecule has 2 aromatic carbocycles. The van der Waals surface area contributed by atoms with Gasteiger partial charge in [-0.3, -0.25) is 19.2 Å². The number of carbonyl (C=O) groups excluding carboxylic acids is 2. The number of phenolic OH excluding ortho intramolecular Hbond substituents is 1. The standard InChI is InChI=1S/C28H32N4O5/c1-4-7-10-17(5-2)20(6-3)29-23-24(27(36)26(23)35)30-21-13-8-12-19(25(21)34)28(37)31-15-18-11-9-14-32(18)22(33)16-31/h4-5,7-8,10,12-13,18,20,29-30,34H,2,6,9,11,14-16H2,1,3H3. The lowest BCUT2D eigenvalue weighted by molar-refractivity contribution is -0.136. The SMILES string of the molecule is C=CC(=CC=CC)C(CC)Nc1c(Nc2cccc(C(=O)N3CC(=O)N4CCCC4C3)c2O)c(=O)c1=O. The summed E-state index contributed by atoms with van der Waals surface area (Å²) in [5.41, 5.74) is -0.242. The average molecular weight is 505 g/mol. The molecule has 9 nitrogen and oxygen atoms in total. The first-order chi connectivity index (χ1) is 17.8. The summed E-state index contributed by atoms with van der Waals surface area (Å²) in [6, 6.07) is 4.31. The maximum absolute atomic E-state index is 13.2. The second-order valence-corrected chi connectivity index (χ2v) is 9.31. The van der Waals surface area contributed by atoms with Crippen LogP contribution in [0.15, 0.2) is 64.2 Å². The molecule has 2 amide bonds. The van der Waals surface area contributed by atoms with Gasteiger partial charge in [0.15, 0.2) is 5.75 Å². The van der Waals surface area contributed by atoms with E-state index < -0.39 is 16.8 Å². The van der Waals surface area contributed by atoms with Gasteiger partial charge in [-0.1, -0.05) is 43.9 Å². The van der Waals surface area contributed by atoms with Crippen LogP contribution in [0.3, 0.4) is 0 Å². The summed E-state index contributed by atoms with van der Waals surface area (Å²) in [4.78, 5) is 53.8. The molecule has 2 heterocycles. The minimum absolute atomic E-state index is 0.000108. The van der Waals surface area contributed by atoms with Crippen LogP contribution < -0.4 is 21.5 Å². The lowest BCUT2D eigenvalue weighted by Crippen LogP contribution is -2.55. The molecule has 3 N–H and O–H groups in total. The summed E-state index contributed by atoms with van der Waals surface area (Å²) < 4.78 is 0. The molecule has 0 radical (unpaired) electrons. The fourth-order valence-corrected chi connectivity index (χ4v) is 4.98. The zero-order valence-corrected chi connectivity index (χ0v) is 21.1. The fraction of sp³-hybridized carbons (Fsp3) is 0.357. The first-order valence-corrected chi connectivity index (χ1v) is 12.5. The monoisotopic (exact) mass is 504 g/mol. The molecule has 0 spiro atoms. The van der Waals surface area contributed by atoms with E-state index in [2.05, 4.69) is 17.2 Å². The molecule has 194 valence electrons. The summed E-state index contributed by atoms with van der Waals surface area (Å²) in [6.45, 7) is 8.76. The lowest BCUT2D eigenvalue weighted by Gasteiger charge is -2.37. The van der Waals surface area contributed by atoms with E-state index >= 15 is 0 Å². The van der Waals surface area contributed by atoms with Crippen molar-refractivity contribution in [3.05, 3.63) is 80.7 Å². The van der Waals surface area contributed by atoms with Crippen molar-refractivity contribution in [3.63, 3.8) is 0 Å². The van der Waals surface area contributed by atoms with Crippen LogP contribution in [0.2, 0.25) is 0 Å². The van der Waals surface area contributed by atoms with Gasteiger partial charge in [0, 0.05) is 19.1 Å². The van der Waals surface area contributed by atoms with Gasteiger partial charge in [0.2, 0.25) is 5.91 Å².